The Morgan fingerprint density at radius 2 is 1.95 bits per heavy atom. The summed E-state index contributed by atoms with van der Waals surface area (Å²) in [5.74, 6) is 0.245. The largest absolute Gasteiger partial charge is 0.479 e. The van der Waals surface area contributed by atoms with Gasteiger partial charge in [-0.15, -0.1) is 0 Å². The number of benzene rings is 2. The minimum atomic E-state index is -0.451. The molecule has 2 aromatic carbocycles. The number of nitrogens with two attached hydrogens (primary N) is 1. The van der Waals surface area contributed by atoms with E-state index in [-0.39, 0.29) is 17.5 Å². The third kappa shape index (κ3) is 3.13. The van der Waals surface area contributed by atoms with Crippen LogP contribution in [-0.2, 0) is 6.54 Å². The fourth-order valence-electron chi connectivity index (χ4n) is 1.91. The lowest BCUT2D eigenvalue weighted by Gasteiger charge is -2.15. The van der Waals surface area contributed by atoms with Crippen molar-refractivity contribution in [3.63, 3.8) is 0 Å². The maximum absolute atomic E-state index is 11.0. The first-order chi connectivity index (χ1) is 9.61. The molecule has 0 spiro atoms. The van der Waals surface area contributed by atoms with Crippen molar-refractivity contribution in [2.45, 2.75) is 19.6 Å². The third-order valence-electron chi connectivity index (χ3n) is 3.03. The summed E-state index contributed by atoms with van der Waals surface area (Å²) < 4.78 is 5.74. The van der Waals surface area contributed by atoms with Crippen LogP contribution in [0.15, 0.2) is 48.5 Å². The van der Waals surface area contributed by atoms with Gasteiger partial charge in [-0.25, -0.2) is 0 Å². The molecule has 5 nitrogen and oxygen atoms in total. The van der Waals surface area contributed by atoms with Gasteiger partial charge in [0, 0.05) is 12.6 Å². The van der Waals surface area contributed by atoms with E-state index in [1.54, 1.807) is 12.1 Å². The van der Waals surface area contributed by atoms with Crippen molar-refractivity contribution >= 4 is 5.69 Å². The van der Waals surface area contributed by atoms with Gasteiger partial charge in [0.15, 0.2) is 5.75 Å². The van der Waals surface area contributed by atoms with Crippen molar-refractivity contribution in [1.29, 1.82) is 0 Å². The quantitative estimate of drug-likeness (QED) is 0.669. The van der Waals surface area contributed by atoms with Crippen molar-refractivity contribution < 1.29 is 9.66 Å². The number of nitro benzene ring substituents is 1. The first-order valence-corrected chi connectivity index (χ1v) is 6.31. The summed E-state index contributed by atoms with van der Waals surface area (Å²) in [6.45, 7) is 2.17. The topological polar surface area (TPSA) is 78.4 Å². The van der Waals surface area contributed by atoms with E-state index in [0.717, 1.165) is 11.1 Å². The van der Waals surface area contributed by atoms with Crippen LogP contribution in [0.5, 0.6) is 5.75 Å². The lowest BCUT2D eigenvalue weighted by molar-refractivity contribution is -0.386. The first-order valence-electron chi connectivity index (χ1n) is 6.31. The average molecular weight is 272 g/mol. The maximum Gasteiger partial charge on any atom is 0.310 e. The van der Waals surface area contributed by atoms with Gasteiger partial charge in [-0.2, -0.15) is 0 Å². The second-order valence-electron chi connectivity index (χ2n) is 4.43. The van der Waals surface area contributed by atoms with Gasteiger partial charge in [0.2, 0.25) is 0 Å². The monoisotopic (exact) mass is 272 g/mol. The van der Waals surface area contributed by atoms with E-state index in [4.69, 9.17) is 10.5 Å². The van der Waals surface area contributed by atoms with E-state index in [1.807, 2.05) is 37.3 Å². The van der Waals surface area contributed by atoms with Gasteiger partial charge >= 0.3 is 5.69 Å². The molecule has 0 aromatic heterocycles. The Hall–Kier alpha value is -2.40. The molecule has 1 atom stereocenters. The Bertz CT molecular complexity index is 599. The summed E-state index contributed by atoms with van der Waals surface area (Å²) in [6, 6.07) is 14.2. The van der Waals surface area contributed by atoms with Gasteiger partial charge in [0.05, 0.1) is 4.92 Å². The van der Waals surface area contributed by atoms with Crippen LogP contribution in [0.3, 0.4) is 0 Å². The zero-order chi connectivity index (χ0) is 14.5. The molecule has 0 aliphatic heterocycles. The van der Waals surface area contributed by atoms with Crippen LogP contribution in [0.4, 0.5) is 5.69 Å². The summed E-state index contributed by atoms with van der Waals surface area (Å²) in [6.07, 6.45) is -0.275. The zero-order valence-corrected chi connectivity index (χ0v) is 11.2. The minimum Gasteiger partial charge on any atom is -0.479 e. The fraction of sp³-hybridized carbons (Fsp3) is 0.200. The number of nitrogens with zero attached hydrogens (tertiary/aromatic N) is 1. The molecule has 0 aliphatic carbocycles. The summed E-state index contributed by atoms with van der Waals surface area (Å²) in [7, 11) is 0. The van der Waals surface area contributed by atoms with E-state index in [2.05, 4.69) is 0 Å². The number of nitro groups is 1. The molecule has 0 amide bonds. The molecule has 0 aliphatic rings. The highest BCUT2D eigenvalue weighted by atomic mass is 16.6. The normalized spacial score (nSPS) is 11.9. The van der Waals surface area contributed by atoms with Crippen LogP contribution in [-0.4, -0.2) is 4.92 Å². The van der Waals surface area contributed by atoms with Crippen LogP contribution < -0.4 is 10.5 Å². The molecule has 20 heavy (non-hydrogen) atoms. The Balaban J connectivity index is 2.29. The molecule has 0 fully saturated rings. The number of hydrogen-bond donors (Lipinski definition) is 1. The van der Waals surface area contributed by atoms with Crippen molar-refractivity contribution in [1.82, 2.24) is 0 Å². The number of ether oxygens (including phenoxy) is 1. The van der Waals surface area contributed by atoms with Gasteiger partial charge in [0.1, 0.15) is 6.10 Å². The summed E-state index contributed by atoms with van der Waals surface area (Å²) in [5.41, 5.74) is 7.27. The standard InChI is InChI=1S/C15H16N2O3/c1-11(13-5-3-2-4-6-13)20-15-9-12(10-16)7-8-14(15)17(18)19/h2-9,11H,10,16H2,1H3. The predicted molar refractivity (Wildman–Crippen MR) is 76.5 cm³/mol. The van der Waals surface area contributed by atoms with Gasteiger partial charge in [0.25, 0.3) is 0 Å². The smallest absolute Gasteiger partial charge is 0.310 e. The molecular formula is C15H16N2O3. The van der Waals surface area contributed by atoms with Crippen molar-refractivity contribution in [2.75, 3.05) is 0 Å². The van der Waals surface area contributed by atoms with Crippen LogP contribution in [0.25, 0.3) is 0 Å². The molecule has 2 aromatic rings. The third-order valence-corrected chi connectivity index (χ3v) is 3.03. The zero-order valence-electron chi connectivity index (χ0n) is 11.2. The Morgan fingerprint density at radius 1 is 1.25 bits per heavy atom. The second kappa shape index (κ2) is 6.16. The van der Waals surface area contributed by atoms with Crippen molar-refractivity contribution in [2.24, 2.45) is 5.73 Å². The summed E-state index contributed by atoms with van der Waals surface area (Å²) in [5, 5.41) is 11.0. The minimum absolute atomic E-state index is 0.0509. The van der Waals surface area contributed by atoms with Crippen molar-refractivity contribution in [3.05, 3.63) is 69.8 Å². The molecule has 5 heteroatoms. The van der Waals surface area contributed by atoms with Gasteiger partial charge in [-0.3, -0.25) is 10.1 Å². The highest BCUT2D eigenvalue weighted by Gasteiger charge is 2.18. The van der Waals surface area contributed by atoms with Crippen LogP contribution in [0, 0.1) is 10.1 Å². The van der Waals surface area contributed by atoms with Crippen LogP contribution >= 0.6 is 0 Å². The van der Waals surface area contributed by atoms with E-state index >= 15 is 0 Å². The Morgan fingerprint density at radius 3 is 2.55 bits per heavy atom. The van der Waals surface area contributed by atoms with E-state index < -0.39 is 4.92 Å². The number of rotatable bonds is 5. The second-order valence-corrected chi connectivity index (χ2v) is 4.43. The van der Waals surface area contributed by atoms with E-state index in [0.29, 0.717) is 6.54 Å². The molecular weight excluding hydrogens is 256 g/mol. The lowest BCUT2D eigenvalue weighted by Crippen LogP contribution is -2.06. The molecule has 0 bridgehead atoms. The highest BCUT2D eigenvalue weighted by molar-refractivity contribution is 5.48. The van der Waals surface area contributed by atoms with Gasteiger partial charge in [-0.1, -0.05) is 36.4 Å². The molecule has 104 valence electrons. The first kappa shape index (κ1) is 14.0. The molecule has 0 saturated heterocycles. The predicted octanol–water partition coefficient (Wildman–Crippen LogP) is 3.19. The lowest BCUT2D eigenvalue weighted by atomic mass is 10.1. The summed E-state index contributed by atoms with van der Waals surface area (Å²) in [4.78, 5) is 10.6. The van der Waals surface area contributed by atoms with Crippen molar-refractivity contribution in [3.8, 4) is 5.75 Å². The van der Waals surface area contributed by atoms with E-state index in [1.165, 1.54) is 6.07 Å². The molecule has 2 rings (SSSR count). The number of hydrogen-bond acceptors (Lipinski definition) is 4. The maximum atomic E-state index is 11.0. The SMILES string of the molecule is CC(Oc1cc(CN)ccc1[N+](=O)[O-])c1ccccc1. The average Bonchev–Trinajstić information content (AvgIpc) is 2.47. The van der Waals surface area contributed by atoms with Crippen LogP contribution in [0.1, 0.15) is 24.2 Å². The molecule has 2 N–H and O–H groups in total. The molecule has 0 heterocycles. The molecule has 0 radical (unpaired) electrons. The Labute approximate surface area is 117 Å². The molecule has 1 unspecified atom stereocenters. The fourth-order valence-corrected chi connectivity index (χ4v) is 1.91. The summed E-state index contributed by atoms with van der Waals surface area (Å²) >= 11 is 0. The van der Waals surface area contributed by atoms with Crippen LogP contribution in [0.2, 0.25) is 0 Å². The van der Waals surface area contributed by atoms with Gasteiger partial charge < -0.3 is 10.5 Å². The highest BCUT2D eigenvalue weighted by Crippen LogP contribution is 2.31. The molecule has 0 saturated carbocycles. The van der Waals surface area contributed by atoms with E-state index in [9.17, 15) is 10.1 Å². The van der Waals surface area contributed by atoms with Gasteiger partial charge in [-0.05, 0) is 24.1 Å². The Kier molecular flexibility index (Phi) is 4.32.